The van der Waals surface area contributed by atoms with Gasteiger partial charge < -0.3 is 10.1 Å². The maximum Gasteiger partial charge on any atom is 0.239 e. The molecule has 1 aliphatic heterocycles. The molecule has 1 fully saturated rings. The van der Waals surface area contributed by atoms with E-state index in [9.17, 15) is 10.1 Å². The van der Waals surface area contributed by atoms with Gasteiger partial charge in [0.1, 0.15) is 11.1 Å². The van der Waals surface area contributed by atoms with Crippen molar-refractivity contribution in [1.82, 2.24) is 4.90 Å². The zero-order valence-corrected chi connectivity index (χ0v) is 16.0. The van der Waals surface area contributed by atoms with Gasteiger partial charge in [-0.05, 0) is 45.1 Å². The van der Waals surface area contributed by atoms with Crippen LogP contribution in [0.25, 0.3) is 0 Å². The van der Waals surface area contributed by atoms with Crippen molar-refractivity contribution in [1.29, 1.82) is 5.26 Å². The van der Waals surface area contributed by atoms with Crippen LogP contribution in [0.15, 0.2) is 0 Å². The smallest absolute Gasteiger partial charge is 0.239 e. The number of nitrogens with zero attached hydrogens (tertiary/aromatic N) is 2. The summed E-state index contributed by atoms with van der Waals surface area (Å²) in [6.45, 7) is 5.96. The third kappa shape index (κ3) is 4.60. The third-order valence-corrected chi connectivity index (χ3v) is 6.11. The Kier molecular flexibility index (Phi) is 6.10. The highest BCUT2D eigenvalue weighted by atomic mass is 32.1. The van der Waals surface area contributed by atoms with E-state index in [1.54, 1.807) is 11.3 Å². The molecule has 2 unspecified atom stereocenters. The number of rotatable bonds is 3. The van der Waals surface area contributed by atoms with Gasteiger partial charge in [-0.1, -0.05) is 12.8 Å². The number of nitriles is 1. The molecule has 0 bridgehead atoms. The van der Waals surface area contributed by atoms with Crippen molar-refractivity contribution in [2.45, 2.75) is 64.6 Å². The first-order valence-electron chi connectivity index (χ1n) is 9.29. The molecule has 2 heterocycles. The van der Waals surface area contributed by atoms with Gasteiger partial charge in [0.25, 0.3) is 0 Å². The topological polar surface area (TPSA) is 65.4 Å². The summed E-state index contributed by atoms with van der Waals surface area (Å²) < 4.78 is 5.72. The Hall–Kier alpha value is -1.42. The van der Waals surface area contributed by atoms with Gasteiger partial charge in [0.05, 0.1) is 24.3 Å². The van der Waals surface area contributed by atoms with Gasteiger partial charge in [0, 0.05) is 18.0 Å². The predicted molar refractivity (Wildman–Crippen MR) is 100.0 cm³/mol. The molecule has 0 saturated carbocycles. The van der Waals surface area contributed by atoms with Crippen molar-refractivity contribution >= 4 is 22.2 Å². The predicted octanol–water partition coefficient (Wildman–Crippen LogP) is 3.33. The minimum Gasteiger partial charge on any atom is -0.373 e. The maximum absolute atomic E-state index is 12.5. The summed E-state index contributed by atoms with van der Waals surface area (Å²) in [7, 11) is 0. The number of anilines is 1. The number of nitrogens with one attached hydrogen (secondary N) is 1. The van der Waals surface area contributed by atoms with Gasteiger partial charge in [-0.25, -0.2) is 0 Å². The summed E-state index contributed by atoms with van der Waals surface area (Å²) >= 11 is 1.60. The molecule has 2 atom stereocenters. The Labute approximate surface area is 154 Å². The van der Waals surface area contributed by atoms with E-state index in [1.165, 1.54) is 29.7 Å². The van der Waals surface area contributed by atoms with E-state index >= 15 is 0 Å². The van der Waals surface area contributed by atoms with Crippen molar-refractivity contribution in [2.75, 3.05) is 25.0 Å². The number of thiophene rings is 1. The number of aryl methyl sites for hydroxylation is 1. The van der Waals surface area contributed by atoms with Crippen LogP contribution in [0.2, 0.25) is 0 Å². The summed E-state index contributed by atoms with van der Waals surface area (Å²) in [5, 5.41) is 13.4. The molecule has 1 amide bonds. The van der Waals surface area contributed by atoms with Crippen LogP contribution < -0.4 is 5.32 Å². The van der Waals surface area contributed by atoms with Crippen LogP contribution in [0.1, 0.15) is 55.5 Å². The summed E-state index contributed by atoms with van der Waals surface area (Å²) in [6, 6.07) is 2.34. The molecule has 136 valence electrons. The molecule has 3 rings (SSSR count). The molecule has 2 aliphatic rings. The molecule has 25 heavy (non-hydrogen) atoms. The first-order valence-corrected chi connectivity index (χ1v) is 10.1. The number of fused-ring (bicyclic) bond motifs is 1. The maximum atomic E-state index is 12.5. The number of hydrogen-bond acceptors (Lipinski definition) is 5. The summed E-state index contributed by atoms with van der Waals surface area (Å²) in [5.41, 5.74) is 1.87. The highest BCUT2D eigenvalue weighted by Crippen LogP contribution is 2.36. The molecule has 1 aliphatic carbocycles. The molecule has 0 spiro atoms. The zero-order valence-electron chi connectivity index (χ0n) is 15.1. The monoisotopic (exact) mass is 361 g/mol. The lowest BCUT2D eigenvalue weighted by Crippen LogP contribution is -2.48. The third-order valence-electron chi connectivity index (χ3n) is 4.90. The lowest BCUT2D eigenvalue weighted by molar-refractivity contribution is -0.121. The van der Waals surface area contributed by atoms with Gasteiger partial charge in [-0.15, -0.1) is 11.3 Å². The number of hydrogen-bond donors (Lipinski definition) is 1. The van der Waals surface area contributed by atoms with Gasteiger partial charge in [-0.2, -0.15) is 5.26 Å². The summed E-state index contributed by atoms with van der Waals surface area (Å²) in [4.78, 5) is 15.9. The Bertz CT molecular complexity index is 654. The fraction of sp³-hybridized carbons (Fsp3) is 0.684. The number of carbonyl (C=O) groups is 1. The highest BCUT2D eigenvalue weighted by molar-refractivity contribution is 7.16. The minimum atomic E-state index is -0.0352. The fourth-order valence-electron chi connectivity index (χ4n) is 3.91. The SMILES string of the molecule is CC1CN(CC(=O)Nc2sc3c(c2C#N)CCCCCC3)CC(C)O1. The van der Waals surface area contributed by atoms with Crippen LogP contribution in [0.4, 0.5) is 5.00 Å². The molecule has 0 aromatic carbocycles. The number of amides is 1. The van der Waals surface area contributed by atoms with E-state index in [0.717, 1.165) is 37.4 Å². The second-order valence-electron chi connectivity index (χ2n) is 7.23. The summed E-state index contributed by atoms with van der Waals surface area (Å²) in [6.07, 6.45) is 7.08. The van der Waals surface area contributed by atoms with E-state index in [2.05, 4.69) is 16.3 Å². The molecular formula is C19H27N3O2S. The second-order valence-corrected chi connectivity index (χ2v) is 8.34. The van der Waals surface area contributed by atoms with Crippen LogP contribution in [-0.2, 0) is 22.4 Å². The minimum absolute atomic E-state index is 0.0352. The van der Waals surface area contributed by atoms with E-state index in [-0.39, 0.29) is 18.1 Å². The van der Waals surface area contributed by atoms with Gasteiger partial charge in [0.15, 0.2) is 0 Å². The standard InChI is InChI=1S/C19H27N3O2S/c1-13-10-22(11-14(2)24-13)12-18(23)21-19-16(9-20)15-7-5-3-4-6-8-17(15)25-19/h13-14H,3-8,10-12H2,1-2H3,(H,21,23). The largest absolute Gasteiger partial charge is 0.373 e. The number of ether oxygens (including phenoxy) is 1. The van der Waals surface area contributed by atoms with Crippen LogP contribution in [0.3, 0.4) is 0 Å². The average molecular weight is 362 g/mol. The Balaban J connectivity index is 1.68. The normalized spacial score (nSPS) is 24.7. The van der Waals surface area contributed by atoms with E-state index < -0.39 is 0 Å². The lowest BCUT2D eigenvalue weighted by Gasteiger charge is -2.34. The van der Waals surface area contributed by atoms with Crippen LogP contribution in [0.5, 0.6) is 0 Å². The Morgan fingerprint density at radius 2 is 1.92 bits per heavy atom. The molecule has 6 heteroatoms. The number of carbonyl (C=O) groups excluding carboxylic acids is 1. The second kappa shape index (κ2) is 8.31. The lowest BCUT2D eigenvalue weighted by atomic mass is 9.97. The van der Waals surface area contributed by atoms with E-state index in [0.29, 0.717) is 12.1 Å². The van der Waals surface area contributed by atoms with Crippen LogP contribution >= 0.6 is 11.3 Å². The Morgan fingerprint density at radius 1 is 1.24 bits per heavy atom. The first kappa shape index (κ1) is 18.4. The Morgan fingerprint density at radius 3 is 2.60 bits per heavy atom. The molecule has 1 N–H and O–H groups in total. The molecular weight excluding hydrogens is 334 g/mol. The van der Waals surface area contributed by atoms with Crippen LogP contribution in [0, 0.1) is 11.3 Å². The van der Waals surface area contributed by atoms with Crippen molar-refractivity contribution < 1.29 is 9.53 Å². The summed E-state index contributed by atoms with van der Waals surface area (Å²) in [5.74, 6) is -0.0352. The van der Waals surface area contributed by atoms with E-state index in [1.807, 2.05) is 13.8 Å². The van der Waals surface area contributed by atoms with Gasteiger partial charge in [0.2, 0.25) is 5.91 Å². The molecule has 0 radical (unpaired) electrons. The van der Waals surface area contributed by atoms with E-state index in [4.69, 9.17) is 4.74 Å². The highest BCUT2D eigenvalue weighted by Gasteiger charge is 2.25. The van der Waals surface area contributed by atoms with Crippen molar-refractivity contribution in [2.24, 2.45) is 0 Å². The van der Waals surface area contributed by atoms with Crippen molar-refractivity contribution in [3.05, 3.63) is 16.0 Å². The quantitative estimate of drug-likeness (QED) is 0.897. The van der Waals surface area contributed by atoms with Crippen molar-refractivity contribution in [3.8, 4) is 6.07 Å². The van der Waals surface area contributed by atoms with Gasteiger partial charge in [-0.3, -0.25) is 9.69 Å². The van der Waals surface area contributed by atoms with Crippen molar-refractivity contribution in [3.63, 3.8) is 0 Å². The molecule has 1 aromatic rings. The fourth-order valence-corrected chi connectivity index (χ4v) is 5.16. The molecule has 5 nitrogen and oxygen atoms in total. The number of morpholine rings is 1. The molecule has 1 aromatic heterocycles. The average Bonchev–Trinajstić information content (AvgIpc) is 2.81. The first-order chi connectivity index (χ1) is 12.1. The van der Waals surface area contributed by atoms with Crippen LogP contribution in [-0.4, -0.2) is 42.6 Å². The van der Waals surface area contributed by atoms with Gasteiger partial charge >= 0.3 is 0 Å². The molecule has 1 saturated heterocycles. The zero-order chi connectivity index (χ0) is 17.8.